The maximum atomic E-state index is 10.2. The van der Waals surface area contributed by atoms with Gasteiger partial charge < -0.3 is 25.2 Å². The fourth-order valence-corrected chi connectivity index (χ4v) is 1.48. The number of nitrogens with zero attached hydrogens (tertiary/aromatic N) is 1. The van der Waals surface area contributed by atoms with Crippen molar-refractivity contribution in [2.24, 2.45) is 0 Å². The number of aliphatic hydroxyl groups is 4. The van der Waals surface area contributed by atoms with Crippen LogP contribution in [0.25, 0.3) is 0 Å². The smallest absolute Gasteiger partial charge is 0.232 e. The van der Waals surface area contributed by atoms with E-state index in [1.165, 1.54) is 0 Å². The van der Waals surface area contributed by atoms with E-state index >= 15 is 0 Å². The van der Waals surface area contributed by atoms with Gasteiger partial charge in [-0.3, -0.25) is 10.1 Å². The molecule has 1 fully saturated rings. The van der Waals surface area contributed by atoms with Crippen LogP contribution in [-0.2, 0) is 4.74 Å². The van der Waals surface area contributed by atoms with E-state index in [-0.39, 0.29) is 0 Å². The standard InChI is InChI=1S/C7H13NO7/c9-2-4-6(11)7(12)5(10)3(15-4)1-8(13)14/h3-7,9-12H,1-2H2/t3-,4+,5+,6-,7+/m0/s1. The first kappa shape index (κ1) is 12.3. The molecule has 0 aliphatic carbocycles. The molecule has 88 valence electrons. The van der Waals surface area contributed by atoms with Crippen LogP contribution >= 0.6 is 0 Å². The molecule has 8 nitrogen and oxygen atoms in total. The molecule has 0 amide bonds. The Bertz CT molecular complexity index is 233. The minimum absolute atomic E-state index is 0.584. The Kier molecular flexibility index (Phi) is 3.94. The zero-order chi connectivity index (χ0) is 11.6. The fraction of sp³-hybridized carbons (Fsp3) is 1.00. The van der Waals surface area contributed by atoms with Crippen LogP contribution in [0.4, 0.5) is 0 Å². The summed E-state index contributed by atoms with van der Waals surface area (Å²) in [6.07, 6.45) is -6.88. The molecule has 8 heteroatoms. The summed E-state index contributed by atoms with van der Waals surface area (Å²) in [4.78, 5) is 9.50. The lowest BCUT2D eigenvalue weighted by Gasteiger charge is -2.38. The highest BCUT2D eigenvalue weighted by Gasteiger charge is 2.45. The highest BCUT2D eigenvalue weighted by molar-refractivity contribution is 4.91. The molecular formula is C7H13NO7. The molecule has 0 unspecified atom stereocenters. The van der Waals surface area contributed by atoms with E-state index in [9.17, 15) is 25.4 Å². The van der Waals surface area contributed by atoms with Gasteiger partial charge in [0.15, 0.2) is 6.10 Å². The van der Waals surface area contributed by atoms with Crippen LogP contribution in [0.1, 0.15) is 0 Å². The van der Waals surface area contributed by atoms with Crippen molar-refractivity contribution in [3.05, 3.63) is 10.1 Å². The van der Waals surface area contributed by atoms with E-state index in [2.05, 4.69) is 0 Å². The van der Waals surface area contributed by atoms with Gasteiger partial charge in [-0.05, 0) is 0 Å². The van der Waals surface area contributed by atoms with Gasteiger partial charge in [0.25, 0.3) is 0 Å². The molecule has 1 aliphatic heterocycles. The maximum Gasteiger partial charge on any atom is 0.232 e. The number of ether oxygens (including phenoxy) is 1. The van der Waals surface area contributed by atoms with Crippen LogP contribution in [0.15, 0.2) is 0 Å². The molecule has 4 N–H and O–H groups in total. The van der Waals surface area contributed by atoms with Gasteiger partial charge in [0.05, 0.1) is 6.61 Å². The summed E-state index contributed by atoms with van der Waals surface area (Å²) >= 11 is 0. The Hall–Kier alpha value is -0.800. The monoisotopic (exact) mass is 223 g/mol. The van der Waals surface area contributed by atoms with Crippen LogP contribution in [-0.4, -0.2) is 69.0 Å². The quantitative estimate of drug-likeness (QED) is 0.298. The van der Waals surface area contributed by atoms with Crippen molar-refractivity contribution in [3.8, 4) is 0 Å². The molecule has 0 aromatic heterocycles. The normalized spacial score (nSPS) is 41.5. The molecule has 0 aromatic rings. The van der Waals surface area contributed by atoms with E-state index in [0.29, 0.717) is 0 Å². The van der Waals surface area contributed by atoms with Gasteiger partial charge in [0.1, 0.15) is 24.4 Å². The first-order valence-electron chi connectivity index (χ1n) is 4.39. The largest absolute Gasteiger partial charge is 0.394 e. The Morgan fingerprint density at radius 3 is 2.13 bits per heavy atom. The predicted molar refractivity (Wildman–Crippen MR) is 45.6 cm³/mol. The lowest BCUT2D eigenvalue weighted by atomic mass is 9.95. The minimum atomic E-state index is -1.55. The Morgan fingerprint density at radius 2 is 1.67 bits per heavy atom. The first-order valence-corrected chi connectivity index (χ1v) is 4.39. The zero-order valence-electron chi connectivity index (χ0n) is 7.76. The van der Waals surface area contributed by atoms with Crippen LogP contribution in [0, 0.1) is 10.1 Å². The third-order valence-electron chi connectivity index (χ3n) is 2.32. The van der Waals surface area contributed by atoms with Crippen molar-refractivity contribution in [2.45, 2.75) is 30.5 Å². The Labute approximate surface area is 84.9 Å². The summed E-state index contributed by atoms with van der Waals surface area (Å²) in [5.41, 5.74) is 0. The van der Waals surface area contributed by atoms with Gasteiger partial charge >= 0.3 is 0 Å². The van der Waals surface area contributed by atoms with Crippen molar-refractivity contribution in [1.82, 2.24) is 0 Å². The SMILES string of the molecule is O=[N+]([O-])C[C@@H]1O[C@H](CO)[C@H](O)[C@H](O)[C@@H]1O. The van der Waals surface area contributed by atoms with Gasteiger partial charge in [-0.25, -0.2) is 0 Å². The molecule has 5 atom stereocenters. The van der Waals surface area contributed by atoms with Gasteiger partial charge in [-0.15, -0.1) is 0 Å². The second-order valence-corrected chi connectivity index (χ2v) is 3.38. The van der Waals surface area contributed by atoms with Gasteiger partial charge in [-0.2, -0.15) is 0 Å². The average molecular weight is 223 g/mol. The van der Waals surface area contributed by atoms with E-state index in [1.54, 1.807) is 0 Å². The second kappa shape index (κ2) is 4.81. The van der Waals surface area contributed by atoms with Crippen LogP contribution in [0.5, 0.6) is 0 Å². The van der Waals surface area contributed by atoms with Crippen LogP contribution in [0.2, 0.25) is 0 Å². The van der Waals surface area contributed by atoms with Crippen LogP contribution in [0.3, 0.4) is 0 Å². The van der Waals surface area contributed by atoms with E-state index in [4.69, 9.17) is 9.84 Å². The van der Waals surface area contributed by atoms with Gasteiger partial charge in [0.2, 0.25) is 6.54 Å². The number of aliphatic hydroxyl groups excluding tert-OH is 4. The van der Waals surface area contributed by atoms with Crippen molar-refractivity contribution in [1.29, 1.82) is 0 Å². The zero-order valence-corrected chi connectivity index (χ0v) is 7.76. The number of hydrogen-bond acceptors (Lipinski definition) is 7. The lowest BCUT2D eigenvalue weighted by Crippen LogP contribution is -2.60. The second-order valence-electron chi connectivity index (χ2n) is 3.38. The highest BCUT2D eigenvalue weighted by Crippen LogP contribution is 2.21. The average Bonchev–Trinajstić information content (AvgIpc) is 2.18. The molecule has 1 rings (SSSR count). The Balaban J connectivity index is 2.69. The molecule has 0 aromatic carbocycles. The number of nitro groups is 1. The van der Waals surface area contributed by atoms with Gasteiger partial charge in [-0.1, -0.05) is 0 Å². The first-order chi connectivity index (χ1) is 6.97. The molecule has 0 spiro atoms. The van der Waals surface area contributed by atoms with Crippen molar-refractivity contribution in [2.75, 3.05) is 13.2 Å². The topological polar surface area (TPSA) is 133 Å². The highest BCUT2D eigenvalue weighted by atomic mass is 16.6. The number of rotatable bonds is 3. The third kappa shape index (κ3) is 2.61. The molecule has 1 heterocycles. The molecule has 1 aliphatic rings. The summed E-state index contributed by atoms with van der Waals surface area (Å²) in [6, 6.07) is 0. The molecule has 0 radical (unpaired) electrons. The van der Waals surface area contributed by atoms with Crippen molar-refractivity contribution < 1.29 is 30.1 Å². The lowest BCUT2D eigenvalue weighted by molar-refractivity contribution is -0.499. The molecule has 0 bridgehead atoms. The van der Waals surface area contributed by atoms with E-state index in [0.717, 1.165) is 0 Å². The van der Waals surface area contributed by atoms with E-state index in [1.807, 2.05) is 0 Å². The van der Waals surface area contributed by atoms with Crippen LogP contribution < -0.4 is 0 Å². The van der Waals surface area contributed by atoms with Gasteiger partial charge in [0, 0.05) is 4.92 Å². The predicted octanol–water partition coefficient (Wildman–Crippen LogP) is -2.89. The molecule has 0 saturated carbocycles. The fourth-order valence-electron chi connectivity index (χ4n) is 1.48. The molecular weight excluding hydrogens is 210 g/mol. The summed E-state index contributed by atoms with van der Waals surface area (Å²) in [7, 11) is 0. The summed E-state index contributed by atoms with van der Waals surface area (Å²) in [6.45, 7) is -1.28. The van der Waals surface area contributed by atoms with Crippen molar-refractivity contribution >= 4 is 0 Å². The number of hydrogen-bond donors (Lipinski definition) is 4. The molecule has 1 saturated heterocycles. The Morgan fingerprint density at radius 1 is 1.13 bits per heavy atom. The summed E-state index contributed by atoms with van der Waals surface area (Å²) in [5.74, 6) is 0. The minimum Gasteiger partial charge on any atom is -0.394 e. The third-order valence-corrected chi connectivity index (χ3v) is 2.32. The summed E-state index contributed by atoms with van der Waals surface area (Å²) in [5, 5.41) is 46.9. The summed E-state index contributed by atoms with van der Waals surface area (Å²) < 4.78 is 4.89. The maximum absolute atomic E-state index is 10.2. The molecule has 15 heavy (non-hydrogen) atoms. The van der Waals surface area contributed by atoms with E-state index < -0.39 is 48.6 Å². The van der Waals surface area contributed by atoms with Crippen molar-refractivity contribution in [3.63, 3.8) is 0 Å².